The van der Waals surface area contributed by atoms with Crippen LogP contribution in [0.3, 0.4) is 0 Å². The molecule has 10 heteroatoms. The van der Waals surface area contributed by atoms with Gasteiger partial charge in [-0.1, -0.05) is 0 Å². The van der Waals surface area contributed by atoms with Crippen molar-refractivity contribution in [3.05, 3.63) is 18.2 Å². The molecule has 23 heavy (non-hydrogen) atoms. The molecule has 1 aromatic rings. The molecule has 0 aromatic heterocycles. The number of nitrogens with two attached hydrogens (primary N) is 1. The fourth-order valence-electron chi connectivity index (χ4n) is 2.73. The number of hydrogen-bond donors (Lipinski definition) is 1. The van der Waals surface area contributed by atoms with Crippen LogP contribution in [0.25, 0.3) is 0 Å². The molecule has 2 heterocycles. The van der Waals surface area contributed by atoms with Crippen LogP contribution in [-0.4, -0.2) is 44.3 Å². The Labute approximate surface area is 131 Å². The van der Waals surface area contributed by atoms with Crippen LogP contribution in [0.15, 0.2) is 23.1 Å². The third-order valence-corrected chi connectivity index (χ3v) is 5.77. The van der Waals surface area contributed by atoms with E-state index in [9.17, 15) is 21.6 Å². The Morgan fingerprint density at radius 3 is 2.57 bits per heavy atom. The number of alkyl halides is 3. The molecule has 2 atom stereocenters. The predicted molar refractivity (Wildman–Crippen MR) is 73.5 cm³/mol. The van der Waals surface area contributed by atoms with Gasteiger partial charge in [0.05, 0.1) is 4.90 Å². The molecule has 6 nitrogen and oxygen atoms in total. The molecular formula is C13H15F3N2O4S. The molecule has 1 saturated heterocycles. The lowest BCUT2D eigenvalue weighted by atomic mass is 10.0. The van der Waals surface area contributed by atoms with Crippen LogP contribution >= 0.6 is 0 Å². The van der Waals surface area contributed by atoms with Gasteiger partial charge in [-0.25, -0.2) is 8.42 Å². The molecule has 2 aliphatic rings. The number of halogens is 3. The maximum Gasteiger partial charge on any atom is 0.405 e. The Morgan fingerprint density at radius 2 is 1.87 bits per heavy atom. The van der Waals surface area contributed by atoms with E-state index in [4.69, 9.17) is 15.2 Å². The summed E-state index contributed by atoms with van der Waals surface area (Å²) < 4.78 is 75.5. The summed E-state index contributed by atoms with van der Waals surface area (Å²) >= 11 is 0. The van der Waals surface area contributed by atoms with E-state index in [0.29, 0.717) is 10.1 Å². The van der Waals surface area contributed by atoms with Crippen molar-refractivity contribution >= 4 is 10.0 Å². The van der Waals surface area contributed by atoms with Crippen LogP contribution in [0.4, 0.5) is 13.2 Å². The molecule has 0 spiro atoms. The second-order valence-electron chi connectivity index (χ2n) is 5.48. The second-order valence-corrected chi connectivity index (χ2v) is 7.38. The number of hydrogen-bond acceptors (Lipinski definition) is 5. The topological polar surface area (TPSA) is 81.9 Å². The zero-order chi connectivity index (χ0) is 16.8. The maximum atomic E-state index is 13.2. The summed E-state index contributed by atoms with van der Waals surface area (Å²) in [4.78, 5) is -0.273. The number of ether oxygens (including phenoxy) is 2. The lowest BCUT2D eigenvalue weighted by molar-refractivity contribution is -0.178. The van der Waals surface area contributed by atoms with Crippen LogP contribution in [0, 0.1) is 0 Å². The average Bonchev–Trinajstić information content (AvgIpc) is 2.93. The number of fused-ring (bicyclic) bond motifs is 1. The molecule has 1 fully saturated rings. The third-order valence-electron chi connectivity index (χ3n) is 3.90. The van der Waals surface area contributed by atoms with Gasteiger partial charge in [-0.05, 0) is 25.0 Å². The zero-order valence-electron chi connectivity index (χ0n) is 11.9. The number of sulfonamides is 1. The van der Waals surface area contributed by atoms with Gasteiger partial charge in [-0.15, -0.1) is 0 Å². The first-order chi connectivity index (χ1) is 10.7. The third kappa shape index (κ3) is 2.98. The van der Waals surface area contributed by atoms with Crippen molar-refractivity contribution in [3.63, 3.8) is 0 Å². The van der Waals surface area contributed by atoms with E-state index in [1.165, 1.54) is 18.2 Å². The van der Waals surface area contributed by atoms with E-state index < -0.39 is 28.3 Å². The molecule has 128 valence electrons. The molecule has 2 aliphatic heterocycles. The van der Waals surface area contributed by atoms with E-state index in [-0.39, 0.29) is 36.8 Å². The largest absolute Gasteiger partial charge is 0.454 e. The number of benzene rings is 1. The Kier molecular flexibility index (Phi) is 3.93. The molecule has 1 aromatic carbocycles. The predicted octanol–water partition coefficient (Wildman–Crippen LogP) is 1.46. The highest BCUT2D eigenvalue weighted by Gasteiger charge is 2.50. The monoisotopic (exact) mass is 352 g/mol. The lowest BCUT2D eigenvalue weighted by Gasteiger charge is -2.38. The van der Waals surface area contributed by atoms with E-state index in [1.807, 2.05) is 0 Å². The summed E-state index contributed by atoms with van der Waals surface area (Å²) in [6.45, 7) is -0.431. The van der Waals surface area contributed by atoms with Gasteiger partial charge in [0.25, 0.3) is 0 Å². The molecule has 0 saturated carbocycles. The fraction of sp³-hybridized carbons (Fsp3) is 0.538. The Hall–Kier alpha value is -1.52. The highest BCUT2D eigenvalue weighted by Crippen LogP contribution is 2.38. The van der Waals surface area contributed by atoms with Crippen molar-refractivity contribution in [1.29, 1.82) is 0 Å². The minimum absolute atomic E-state index is 0.0569. The normalized spacial score (nSPS) is 25.6. The minimum Gasteiger partial charge on any atom is -0.454 e. The van der Waals surface area contributed by atoms with Crippen LogP contribution in [0.1, 0.15) is 12.8 Å². The summed E-state index contributed by atoms with van der Waals surface area (Å²) in [5.41, 5.74) is 5.68. The Morgan fingerprint density at radius 1 is 1.17 bits per heavy atom. The standard InChI is InChI=1S/C13H15F3N2O4S/c14-13(15,16)12-4-1-8(17)6-18(12)23(19,20)9-2-3-10-11(5-9)22-7-21-10/h2-3,5,8,12H,1,4,6-7,17H2. The quantitative estimate of drug-likeness (QED) is 0.871. The highest BCUT2D eigenvalue weighted by atomic mass is 32.2. The van der Waals surface area contributed by atoms with E-state index in [1.54, 1.807) is 0 Å². The summed E-state index contributed by atoms with van der Waals surface area (Å²) in [6, 6.07) is 1.04. The highest BCUT2D eigenvalue weighted by molar-refractivity contribution is 7.89. The zero-order valence-corrected chi connectivity index (χ0v) is 12.7. The van der Waals surface area contributed by atoms with Crippen molar-refractivity contribution in [2.24, 2.45) is 5.73 Å². The summed E-state index contributed by atoms with van der Waals surface area (Å²) in [7, 11) is -4.35. The summed E-state index contributed by atoms with van der Waals surface area (Å²) in [5, 5.41) is 0. The lowest BCUT2D eigenvalue weighted by Crippen LogP contribution is -2.56. The van der Waals surface area contributed by atoms with Gasteiger partial charge < -0.3 is 15.2 Å². The van der Waals surface area contributed by atoms with E-state index in [0.717, 1.165) is 0 Å². The SMILES string of the molecule is NC1CCC(C(F)(F)F)N(S(=O)(=O)c2ccc3c(c2)OCO3)C1. The molecular weight excluding hydrogens is 337 g/mol. The molecule has 3 rings (SSSR count). The molecule has 0 amide bonds. The van der Waals surface area contributed by atoms with Crippen molar-refractivity contribution in [1.82, 2.24) is 4.31 Å². The first-order valence-electron chi connectivity index (χ1n) is 6.93. The van der Waals surface area contributed by atoms with Gasteiger partial charge in [0.15, 0.2) is 11.5 Å². The minimum atomic E-state index is -4.65. The van der Waals surface area contributed by atoms with Crippen LogP contribution in [0.2, 0.25) is 0 Å². The van der Waals surface area contributed by atoms with Gasteiger partial charge in [0.1, 0.15) is 6.04 Å². The van der Waals surface area contributed by atoms with Gasteiger partial charge in [-0.2, -0.15) is 17.5 Å². The van der Waals surface area contributed by atoms with Crippen molar-refractivity contribution in [2.75, 3.05) is 13.3 Å². The molecule has 2 N–H and O–H groups in total. The number of piperidine rings is 1. The average molecular weight is 352 g/mol. The molecule has 0 aliphatic carbocycles. The molecule has 0 bridgehead atoms. The summed E-state index contributed by atoms with van der Waals surface area (Å²) in [6.07, 6.45) is -4.88. The van der Waals surface area contributed by atoms with E-state index in [2.05, 4.69) is 0 Å². The second kappa shape index (κ2) is 5.53. The Balaban J connectivity index is 1.99. The molecule has 0 radical (unpaired) electrons. The van der Waals surface area contributed by atoms with Crippen LogP contribution < -0.4 is 15.2 Å². The van der Waals surface area contributed by atoms with Gasteiger partial charge in [0, 0.05) is 18.7 Å². The van der Waals surface area contributed by atoms with Crippen molar-refractivity contribution in [2.45, 2.75) is 36.0 Å². The fourth-order valence-corrected chi connectivity index (χ4v) is 4.45. The van der Waals surface area contributed by atoms with Crippen molar-refractivity contribution < 1.29 is 31.1 Å². The van der Waals surface area contributed by atoms with Gasteiger partial charge in [0.2, 0.25) is 16.8 Å². The molecule has 2 unspecified atom stereocenters. The van der Waals surface area contributed by atoms with Crippen LogP contribution in [-0.2, 0) is 10.0 Å². The number of nitrogens with zero attached hydrogens (tertiary/aromatic N) is 1. The maximum absolute atomic E-state index is 13.2. The first kappa shape index (κ1) is 16.3. The van der Waals surface area contributed by atoms with Gasteiger partial charge in [-0.3, -0.25) is 0 Å². The van der Waals surface area contributed by atoms with Gasteiger partial charge >= 0.3 is 6.18 Å². The van der Waals surface area contributed by atoms with Crippen molar-refractivity contribution in [3.8, 4) is 11.5 Å². The first-order valence-corrected chi connectivity index (χ1v) is 8.37. The smallest absolute Gasteiger partial charge is 0.405 e. The van der Waals surface area contributed by atoms with E-state index >= 15 is 0 Å². The number of rotatable bonds is 2. The Bertz CT molecular complexity index is 708. The van der Waals surface area contributed by atoms with Crippen LogP contribution in [0.5, 0.6) is 11.5 Å². The summed E-state index contributed by atoms with van der Waals surface area (Å²) in [5.74, 6) is 0.544.